The van der Waals surface area contributed by atoms with Crippen molar-refractivity contribution in [3.63, 3.8) is 0 Å². The van der Waals surface area contributed by atoms with Crippen molar-refractivity contribution in [3.8, 4) is 34.4 Å². The quantitative estimate of drug-likeness (QED) is 0.399. The molecule has 180 valence electrons. The van der Waals surface area contributed by atoms with Gasteiger partial charge in [-0.3, -0.25) is 9.78 Å². The molecule has 1 N–H and O–H groups in total. The maximum absolute atomic E-state index is 12.4. The summed E-state index contributed by atoms with van der Waals surface area (Å²) in [5.74, 6) is 2.63. The van der Waals surface area contributed by atoms with E-state index in [0.29, 0.717) is 23.1 Å². The topological polar surface area (TPSA) is 115 Å². The summed E-state index contributed by atoms with van der Waals surface area (Å²) >= 11 is 0. The predicted octanol–water partition coefficient (Wildman–Crippen LogP) is 4.29. The van der Waals surface area contributed by atoms with Crippen LogP contribution in [-0.2, 0) is 11.8 Å². The lowest BCUT2D eigenvalue weighted by Gasteiger charge is -2.25. The lowest BCUT2D eigenvalue weighted by Crippen LogP contribution is -2.28. The van der Waals surface area contributed by atoms with Crippen LogP contribution >= 0.6 is 0 Å². The van der Waals surface area contributed by atoms with Gasteiger partial charge in [0.05, 0.1) is 24.1 Å². The molecule has 4 heterocycles. The molecule has 10 nitrogen and oxygen atoms in total. The molecule has 1 atom stereocenters. The van der Waals surface area contributed by atoms with Crippen molar-refractivity contribution in [2.24, 2.45) is 7.05 Å². The van der Waals surface area contributed by atoms with Gasteiger partial charge in [0.15, 0.2) is 5.82 Å². The second-order valence-electron chi connectivity index (χ2n) is 8.81. The molecule has 0 saturated carbocycles. The molecule has 0 radical (unpaired) electrons. The van der Waals surface area contributed by atoms with Crippen LogP contribution < -0.4 is 4.74 Å². The number of tetrazole rings is 1. The highest BCUT2D eigenvalue weighted by Crippen LogP contribution is 2.41. The normalized spacial score (nSPS) is 15.5. The molecule has 3 aromatic heterocycles. The highest BCUT2D eigenvalue weighted by Gasteiger charge is 2.31. The van der Waals surface area contributed by atoms with E-state index in [9.17, 15) is 4.79 Å². The van der Waals surface area contributed by atoms with E-state index in [1.807, 2.05) is 59.5 Å². The Labute approximate surface area is 206 Å². The third-order valence-electron chi connectivity index (χ3n) is 6.39. The Morgan fingerprint density at radius 3 is 2.72 bits per heavy atom. The van der Waals surface area contributed by atoms with Gasteiger partial charge in [-0.1, -0.05) is 6.07 Å². The number of ether oxygens (including phenoxy) is 1. The number of imidazole rings is 1. The van der Waals surface area contributed by atoms with E-state index in [-0.39, 0.29) is 11.9 Å². The van der Waals surface area contributed by atoms with Crippen molar-refractivity contribution in [1.82, 2.24) is 40.1 Å². The average molecular weight is 481 g/mol. The van der Waals surface area contributed by atoms with E-state index < -0.39 is 0 Å². The van der Waals surface area contributed by atoms with Gasteiger partial charge >= 0.3 is 0 Å². The SMILES string of the molecule is CC(=O)N1CCCC1c1cc2[nH]c(-c3ccccn3)nc2cc1Oc1ccc(-c2nnn(C)n2)cc1. The van der Waals surface area contributed by atoms with Crippen molar-refractivity contribution in [2.75, 3.05) is 6.54 Å². The number of pyridine rings is 1. The van der Waals surface area contributed by atoms with Crippen molar-refractivity contribution in [2.45, 2.75) is 25.8 Å². The van der Waals surface area contributed by atoms with E-state index in [4.69, 9.17) is 9.72 Å². The molecule has 1 aliphatic heterocycles. The molecule has 1 amide bonds. The second kappa shape index (κ2) is 8.88. The highest BCUT2D eigenvalue weighted by atomic mass is 16.5. The number of benzene rings is 2. The van der Waals surface area contributed by atoms with Crippen LogP contribution in [-0.4, -0.2) is 52.5 Å². The first kappa shape index (κ1) is 21.9. The fourth-order valence-electron chi connectivity index (χ4n) is 4.69. The summed E-state index contributed by atoms with van der Waals surface area (Å²) < 4.78 is 6.40. The molecule has 36 heavy (non-hydrogen) atoms. The number of amides is 1. The Bertz CT molecular complexity index is 1540. The van der Waals surface area contributed by atoms with Crippen LogP contribution in [0.4, 0.5) is 0 Å². The molecule has 1 aliphatic rings. The van der Waals surface area contributed by atoms with Crippen molar-refractivity contribution in [3.05, 3.63) is 66.4 Å². The third-order valence-corrected chi connectivity index (χ3v) is 6.39. The van der Waals surface area contributed by atoms with Gasteiger partial charge in [-0.15, -0.1) is 10.2 Å². The van der Waals surface area contributed by atoms with Gasteiger partial charge in [0, 0.05) is 36.9 Å². The van der Waals surface area contributed by atoms with Crippen LogP contribution in [0.2, 0.25) is 0 Å². The smallest absolute Gasteiger partial charge is 0.219 e. The minimum Gasteiger partial charge on any atom is -0.457 e. The molecule has 5 aromatic rings. The average Bonchev–Trinajstić information content (AvgIpc) is 3.64. The van der Waals surface area contributed by atoms with Crippen molar-refractivity contribution >= 4 is 16.9 Å². The zero-order chi connectivity index (χ0) is 24.6. The number of carbonyl (C=O) groups is 1. The lowest BCUT2D eigenvalue weighted by atomic mass is 10.0. The zero-order valence-electron chi connectivity index (χ0n) is 19.9. The summed E-state index contributed by atoms with van der Waals surface area (Å²) in [6.45, 7) is 2.35. The number of likely N-dealkylation sites (tertiary alicyclic amines) is 1. The summed E-state index contributed by atoms with van der Waals surface area (Å²) in [4.78, 5) is 28.3. The Balaban J connectivity index is 1.40. The van der Waals surface area contributed by atoms with Gasteiger partial charge in [-0.25, -0.2) is 4.98 Å². The van der Waals surface area contributed by atoms with Crippen LogP contribution in [0.3, 0.4) is 0 Å². The lowest BCUT2D eigenvalue weighted by molar-refractivity contribution is -0.129. The molecule has 1 saturated heterocycles. The summed E-state index contributed by atoms with van der Waals surface area (Å²) in [5, 5.41) is 12.2. The molecule has 1 fully saturated rings. The van der Waals surface area contributed by atoms with Gasteiger partial charge in [-0.05, 0) is 60.5 Å². The molecule has 0 bridgehead atoms. The Kier molecular flexibility index (Phi) is 5.40. The maximum Gasteiger partial charge on any atom is 0.219 e. The zero-order valence-corrected chi connectivity index (χ0v) is 19.9. The first-order valence-corrected chi connectivity index (χ1v) is 11.8. The van der Waals surface area contributed by atoms with E-state index >= 15 is 0 Å². The molecule has 6 rings (SSSR count). The van der Waals surface area contributed by atoms with Crippen LogP contribution in [0.25, 0.3) is 33.9 Å². The molecule has 0 spiro atoms. The number of H-pyrrole nitrogens is 1. The Morgan fingerprint density at radius 1 is 1.14 bits per heavy atom. The summed E-state index contributed by atoms with van der Waals surface area (Å²) in [5.41, 5.74) is 4.19. The van der Waals surface area contributed by atoms with E-state index in [0.717, 1.165) is 47.2 Å². The van der Waals surface area contributed by atoms with Gasteiger partial charge < -0.3 is 14.6 Å². The summed E-state index contributed by atoms with van der Waals surface area (Å²) in [6, 6.07) is 17.2. The minimum absolute atomic E-state index is 0.0585. The number of nitrogens with zero attached hydrogens (tertiary/aromatic N) is 7. The number of carbonyl (C=O) groups excluding carboxylic acids is 1. The number of nitrogens with one attached hydrogen (secondary N) is 1. The van der Waals surface area contributed by atoms with Crippen LogP contribution in [0.1, 0.15) is 31.4 Å². The molecule has 2 aromatic carbocycles. The van der Waals surface area contributed by atoms with Gasteiger partial charge in [0.1, 0.15) is 17.2 Å². The fraction of sp³-hybridized carbons (Fsp3) is 0.231. The van der Waals surface area contributed by atoms with Crippen molar-refractivity contribution in [1.29, 1.82) is 0 Å². The largest absolute Gasteiger partial charge is 0.457 e. The molecular weight excluding hydrogens is 456 g/mol. The van der Waals surface area contributed by atoms with Crippen molar-refractivity contribution < 1.29 is 9.53 Å². The summed E-state index contributed by atoms with van der Waals surface area (Å²) in [6.07, 6.45) is 3.57. The number of rotatable bonds is 5. The van der Waals surface area contributed by atoms with Crippen LogP contribution in [0, 0.1) is 0 Å². The Morgan fingerprint density at radius 2 is 2.00 bits per heavy atom. The minimum atomic E-state index is -0.0634. The van der Waals surface area contributed by atoms with Gasteiger partial charge in [0.25, 0.3) is 0 Å². The van der Waals surface area contributed by atoms with Crippen LogP contribution in [0.5, 0.6) is 11.5 Å². The number of aromatic amines is 1. The highest BCUT2D eigenvalue weighted by molar-refractivity contribution is 5.82. The first-order valence-electron chi connectivity index (χ1n) is 11.8. The van der Waals surface area contributed by atoms with Gasteiger partial charge in [0.2, 0.25) is 11.7 Å². The molecule has 0 aliphatic carbocycles. The number of hydrogen-bond acceptors (Lipinski definition) is 7. The number of aromatic nitrogens is 7. The first-order chi connectivity index (χ1) is 17.5. The number of aryl methyl sites for hydroxylation is 1. The van der Waals surface area contributed by atoms with Gasteiger partial charge in [-0.2, -0.15) is 4.80 Å². The maximum atomic E-state index is 12.4. The fourth-order valence-corrected chi connectivity index (χ4v) is 4.69. The molecule has 10 heteroatoms. The third kappa shape index (κ3) is 4.06. The summed E-state index contributed by atoms with van der Waals surface area (Å²) in [7, 11) is 1.73. The standard InChI is InChI=1S/C26H24N8O2/c1-16(35)34-13-5-7-23(34)19-14-21-22(29-26(28-21)20-6-3-4-12-27-20)15-24(19)36-18-10-8-17(9-11-18)25-30-32-33(2)31-25/h3-4,6,8-12,14-15,23H,5,7,13H2,1-2H3,(H,28,29). The second-order valence-corrected chi connectivity index (χ2v) is 8.81. The Hall–Kier alpha value is -4.60. The predicted molar refractivity (Wildman–Crippen MR) is 133 cm³/mol. The van der Waals surface area contributed by atoms with E-state index in [2.05, 4.69) is 25.4 Å². The van der Waals surface area contributed by atoms with Crippen LogP contribution in [0.15, 0.2) is 60.8 Å². The van der Waals surface area contributed by atoms with E-state index in [1.54, 1.807) is 20.2 Å². The molecular formula is C26H24N8O2. The molecule has 1 unspecified atom stereocenters. The van der Waals surface area contributed by atoms with E-state index in [1.165, 1.54) is 4.80 Å². The number of hydrogen-bond donors (Lipinski definition) is 1. The number of fused-ring (bicyclic) bond motifs is 1. The monoisotopic (exact) mass is 480 g/mol.